The number of hydrogen-bond acceptors (Lipinski definition) is 7. The van der Waals surface area contributed by atoms with Crippen LogP contribution in [0.15, 0.2) is 35.4 Å². The number of hydrazone groups is 1. The van der Waals surface area contributed by atoms with E-state index < -0.39 is 5.79 Å². The maximum absolute atomic E-state index is 10.5. The van der Waals surface area contributed by atoms with Gasteiger partial charge in [0.2, 0.25) is 0 Å². The van der Waals surface area contributed by atoms with Gasteiger partial charge in [0.05, 0.1) is 24.3 Å². The van der Waals surface area contributed by atoms with Crippen LogP contribution in [0.3, 0.4) is 0 Å². The third-order valence-electron chi connectivity index (χ3n) is 5.66. The Labute approximate surface area is 180 Å². The first-order chi connectivity index (χ1) is 14.4. The molecular formula is C22H25N3O4S. The Kier molecular flexibility index (Phi) is 5.40. The van der Waals surface area contributed by atoms with Crippen molar-refractivity contribution in [1.29, 1.82) is 0 Å². The van der Waals surface area contributed by atoms with Gasteiger partial charge >= 0.3 is 0 Å². The summed E-state index contributed by atoms with van der Waals surface area (Å²) in [5.41, 5.74) is 5.55. The van der Waals surface area contributed by atoms with E-state index >= 15 is 0 Å². The number of fused-ring (bicyclic) bond motifs is 1. The predicted octanol–water partition coefficient (Wildman–Crippen LogP) is 3.15. The molecular weight excluding hydrogens is 402 g/mol. The molecule has 1 saturated heterocycles. The third-order valence-corrected chi connectivity index (χ3v) is 5.88. The molecule has 1 spiro atoms. The largest absolute Gasteiger partial charge is 0.508 e. The van der Waals surface area contributed by atoms with Gasteiger partial charge in [0, 0.05) is 24.6 Å². The smallest absolute Gasteiger partial charge is 0.176 e. The molecule has 1 heterocycles. The Bertz CT molecular complexity index is 1020. The summed E-state index contributed by atoms with van der Waals surface area (Å²) in [7, 11) is 0. The highest BCUT2D eigenvalue weighted by molar-refractivity contribution is 7.79. The molecule has 1 fully saturated rings. The van der Waals surface area contributed by atoms with E-state index in [-0.39, 0.29) is 23.3 Å². The van der Waals surface area contributed by atoms with Crippen molar-refractivity contribution >= 4 is 29.2 Å². The highest BCUT2D eigenvalue weighted by Gasteiger charge is 2.42. The Morgan fingerprint density at radius 3 is 2.47 bits per heavy atom. The van der Waals surface area contributed by atoms with Crippen molar-refractivity contribution in [3.8, 4) is 11.5 Å². The standard InChI is InChI=1S/C22H25N3O4S/c1-13(2)17-8-18(20(27)9-19(17)26)21(24-23)25(12-30)16-4-3-14-10-22(11-15(14)7-16)28-5-6-29-22/h3-4,7-9,12-13,26-27H,5-6,10-11,23H2,1-2H3/b24-21-. The second-order valence-electron chi connectivity index (χ2n) is 7.93. The maximum Gasteiger partial charge on any atom is 0.176 e. The predicted molar refractivity (Wildman–Crippen MR) is 119 cm³/mol. The van der Waals surface area contributed by atoms with Gasteiger partial charge in [-0.1, -0.05) is 32.1 Å². The van der Waals surface area contributed by atoms with Crippen molar-refractivity contribution in [2.24, 2.45) is 10.9 Å². The van der Waals surface area contributed by atoms with E-state index in [2.05, 4.69) is 5.10 Å². The van der Waals surface area contributed by atoms with Crippen LogP contribution in [-0.4, -0.2) is 40.5 Å². The molecule has 2 aromatic carbocycles. The molecule has 158 valence electrons. The van der Waals surface area contributed by atoms with Crippen LogP contribution in [0.5, 0.6) is 11.5 Å². The maximum atomic E-state index is 10.5. The summed E-state index contributed by atoms with van der Waals surface area (Å²) < 4.78 is 11.7. The van der Waals surface area contributed by atoms with Crippen molar-refractivity contribution in [1.82, 2.24) is 0 Å². The van der Waals surface area contributed by atoms with Gasteiger partial charge in [0.15, 0.2) is 11.6 Å². The van der Waals surface area contributed by atoms with Gasteiger partial charge in [-0.3, -0.25) is 4.90 Å². The molecule has 0 aromatic heterocycles. The highest BCUT2D eigenvalue weighted by Crippen LogP contribution is 2.39. The lowest BCUT2D eigenvalue weighted by Crippen LogP contribution is -2.31. The number of nitrogens with two attached hydrogens (primary N) is 1. The van der Waals surface area contributed by atoms with E-state index in [1.165, 1.54) is 17.1 Å². The lowest BCUT2D eigenvalue weighted by atomic mass is 9.98. The van der Waals surface area contributed by atoms with Crippen LogP contribution in [0, 0.1) is 0 Å². The number of rotatable bonds is 4. The minimum atomic E-state index is -0.560. The van der Waals surface area contributed by atoms with E-state index in [9.17, 15) is 10.2 Å². The fourth-order valence-corrected chi connectivity index (χ4v) is 4.39. The number of phenolic OH excluding ortho intramolecular Hbond substituents is 2. The zero-order valence-electron chi connectivity index (χ0n) is 17.0. The molecule has 2 aromatic rings. The molecule has 4 N–H and O–H groups in total. The minimum Gasteiger partial charge on any atom is -0.508 e. The first-order valence-corrected chi connectivity index (χ1v) is 10.3. The van der Waals surface area contributed by atoms with E-state index in [1.807, 2.05) is 32.0 Å². The molecule has 7 nitrogen and oxygen atoms in total. The number of thiocarbonyl (C=S) groups is 1. The lowest BCUT2D eigenvalue weighted by Gasteiger charge is -2.23. The molecule has 0 atom stereocenters. The van der Waals surface area contributed by atoms with Crippen LogP contribution >= 0.6 is 12.2 Å². The number of ether oxygens (including phenoxy) is 2. The molecule has 1 aliphatic heterocycles. The number of phenols is 2. The van der Waals surface area contributed by atoms with Crippen LogP contribution in [0.4, 0.5) is 5.69 Å². The SMILES string of the molecule is CC(C)c1cc(/C(=N/N)N(C=S)c2ccc3c(c2)CC2(C3)OCCO2)c(O)cc1O. The molecule has 4 rings (SSSR count). The summed E-state index contributed by atoms with van der Waals surface area (Å²) in [5.74, 6) is 5.39. The average molecular weight is 428 g/mol. The second kappa shape index (κ2) is 7.86. The first kappa shape index (κ1) is 20.6. The fourth-order valence-electron chi connectivity index (χ4n) is 4.17. The van der Waals surface area contributed by atoms with E-state index in [1.54, 1.807) is 11.0 Å². The molecule has 1 aliphatic carbocycles. The molecule has 0 bridgehead atoms. The van der Waals surface area contributed by atoms with Gasteiger partial charge in [-0.25, -0.2) is 0 Å². The Morgan fingerprint density at radius 2 is 1.83 bits per heavy atom. The zero-order chi connectivity index (χ0) is 21.5. The van der Waals surface area contributed by atoms with Crippen molar-refractivity contribution in [3.05, 3.63) is 52.6 Å². The van der Waals surface area contributed by atoms with Crippen LogP contribution in [0.25, 0.3) is 0 Å². The number of amidine groups is 1. The average Bonchev–Trinajstić information content (AvgIpc) is 3.31. The monoisotopic (exact) mass is 427 g/mol. The summed E-state index contributed by atoms with van der Waals surface area (Å²) in [6.07, 6.45) is 1.38. The van der Waals surface area contributed by atoms with Gasteiger partial charge in [0.25, 0.3) is 0 Å². The quantitative estimate of drug-likeness (QED) is 0.227. The van der Waals surface area contributed by atoms with Crippen molar-refractivity contribution in [3.63, 3.8) is 0 Å². The third kappa shape index (κ3) is 3.51. The summed E-state index contributed by atoms with van der Waals surface area (Å²) in [5, 5.41) is 24.6. The number of aromatic hydroxyl groups is 2. The van der Waals surface area contributed by atoms with Crippen molar-refractivity contribution in [2.75, 3.05) is 18.1 Å². The van der Waals surface area contributed by atoms with Gasteiger partial charge in [-0.05, 0) is 40.8 Å². The molecule has 2 aliphatic rings. The van der Waals surface area contributed by atoms with Gasteiger partial charge in [-0.15, -0.1) is 0 Å². The second-order valence-corrected chi connectivity index (χ2v) is 8.14. The van der Waals surface area contributed by atoms with Crippen molar-refractivity contribution < 1.29 is 19.7 Å². The molecule has 0 unspecified atom stereocenters. The van der Waals surface area contributed by atoms with E-state index in [0.717, 1.165) is 11.3 Å². The minimum absolute atomic E-state index is 0.0240. The molecule has 0 radical (unpaired) electrons. The Morgan fingerprint density at radius 1 is 1.13 bits per heavy atom. The van der Waals surface area contributed by atoms with E-state index in [0.29, 0.717) is 37.2 Å². The number of nitrogens with zero attached hydrogens (tertiary/aromatic N) is 2. The van der Waals surface area contributed by atoms with Gasteiger partial charge < -0.3 is 25.5 Å². The first-order valence-electron chi connectivity index (χ1n) is 9.86. The highest BCUT2D eigenvalue weighted by atomic mass is 32.1. The molecule has 0 saturated carbocycles. The molecule has 8 heteroatoms. The summed E-state index contributed by atoms with van der Waals surface area (Å²) in [4.78, 5) is 1.65. The normalized spacial score (nSPS) is 17.5. The van der Waals surface area contributed by atoms with Gasteiger partial charge in [0.1, 0.15) is 11.5 Å². The number of hydrogen-bond donors (Lipinski definition) is 3. The molecule has 30 heavy (non-hydrogen) atoms. The topological polar surface area (TPSA) is 101 Å². The van der Waals surface area contributed by atoms with Crippen LogP contribution < -0.4 is 10.7 Å². The van der Waals surface area contributed by atoms with Crippen LogP contribution in [0.2, 0.25) is 0 Å². The Hall–Kier alpha value is -2.68. The lowest BCUT2D eigenvalue weighted by molar-refractivity contribution is -0.147. The summed E-state index contributed by atoms with van der Waals surface area (Å²) in [6, 6.07) is 8.97. The zero-order valence-corrected chi connectivity index (χ0v) is 17.8. The molecule has 0 amide bonds. The van der Waals surface area contributed by atoms with E-state index in [4.69, 9.17) is 27.5 Å². The van der Waals surface area contributed by atoms with Crippen LogP contribution in [-0.2, 0) is 22.3 Å². The van der Waals surface area contributed by atoms with Gasteiger partial charge in [-0.2, -0.15) is 5.10 Å². The number of benzene rings is 2. The van der Waals surface area contributed by atoms with Crippen LogP contribution in [0.1, 0.15) is 42.0 Å². The summed E-state index contributed by atoms with van der Waals surface area (Å²) >= 11 is 5.26. The summed E-state index contributed by atoms with van der Waals surface area (Å²) in [6.45, 7) is 5.12. The van der Waals surface area contributed by atoms with Crippen molar-refractivity contribution in [2.45, 2.75) is 38.4 Å². The Balaban J connectivity index is 1.71. The number of anilines is 1. The fraction of sp³-hybridized carbons (Fsp3) is 0.364.